The van der Waals surface area contributed by atoms with Crippen molar-refractivity contribution in [1.82, 2.24) is 15.6 Å². The average molecular weight is 464 g/mol. The summed E-state index contributed by atoms with van der Waals surface area (Å²) in [6.07, 6.45) is 1.82. The number of aliphatic imine (C=N–C) groups is 1. The molecule has 0 spiro atoms. The minimum Gasteiger partial charge on any atom is -0.357 e. The Bertz CT molecular complexity index is 860. The summed E-state index contributed by atoms with van der Waals surface area (Å²) in [5, 5.41) is 7.71. The summed E-state index contributed by atoms with van der Waals surface area (Å²) in [5.74, 6) is 0.495. The molecule has 2 N–H and O–H groups in total. The molecule has 3 rings (SSSR count). The monoisotopic (exact) mass is 464 g/mol. The summed E-state index contributed by atoms with van der Waals surface area (Å²) in [6.45, 7) is 3.94. The van der Waals surface area contributed by atoms with Crippen LogP contribution >= 0.6 is 24.0 Å². The fourth-order valence-electron chi connectivity index (χ4n) is 2.59. The lowest BCUT2D eigenvalue weighted by atomic mass is 10.1. The van der Waals surface area contributed by atoms with Crippen LogP contribution in [0.25, 0.3) is 10.9 Å². The lowest BCUT2D eigenvalue weighted by Gasteiger charge is -2.12. The van der Waals surface area contributed by atoms with Gasteiger partial charge >= 0.3 is 0 Å². The van der Waals surface area contributed by atoms with Gasteiger partial charge in [0.15, 0.2) is 5.96 Å². The summed E-state index contributed by atoms with van der Waals surface area (Å²) >= 11 is 0. The highest BCUT2D eigenvalue weighted by Gasteiger charge is 2.03. The first-order valence-electron chi connectivity index (χ1n) is 8.35. The van der Waals surface area contributed by atoms with Gasteiger partial charge in [0.25, 0.3) is 0 Å². The summed E-state index contributed by atoms with van der Waals surface area (Å²) in [5.41, 5.74) is 3.11. The maximum atomic E-state index is 13.0. The minimum atomic E-state index is -0.234. The second-order valence-corrected chi connectivity index (χ2v) is 5.66. The van der Waals surface area contributed by atoms with Crippen molar-refractivity contribution in [2.45, 2.75) is 20.0 Å². The van der Waals surface area contributed by atoms with Crippen molar-refractivity contribution in [1.29, 1.82) is 0 Å². The predicted octanol–water partition coefficient (Wildman–Crippen LogP) is 4.25. The molecule has 2 aromatic carbocycles. The first-order valence-corrected chi connectivity index (χ1v) is 8.35. The molecular formula is C20H22FIN4. The molecule has 0 aliphatic carbocycles. The molecule has 0 fully saturated rings. The van der Waals surface area contributed by atoms with Crippen molar-refractivity contribution in [3.63, 3.8) is 0 Å². The normalized spacial score (nSPS) is 11.1. The molecule has 26 heavy (non-hydrogen) atoms. The lowest BCUT2D eigenvalue weighted by molar-refractivity contribution is 0.627. The van der Waals surface area contributed by atoms with E-state index in [-0.39, 0.29) is 29.8 Å². The Hall–Kier alpha value is -2.22. The molecule has 0 aliphatic heterocycles. The highest BCUT2D eigenvalue weighted by atomic mass is 127. The SMILES string of the molecule is CCNC(=NCc1ccc(F)cc1)NCc1ccnc2ccccc12.I. The van der Waals surface area contributed by atoms with E-state index in [1.54, 1.807) is 12.1 Å². The van der Waals surface area contributed by atoms with E-state index in [4.69, 9.17) is 0 Å². The van der Waals surface area contributed by atoms with Crippen LogP contribution in [0.5, 0.6) is 0 Å². The second kappa shape index (κ2) is 10.1. The van der Waals surface area contributed by atoms with Crippen LogP contribution in [0.3, 0.4) is 0 Å². The van der Waals surface area contributed by atoms with E-state index in [2.05, 4.69) is 26.7 Å². The van der Waals surface area contributed by atoms with Gasteiger partial charge in [0.1, 0.15) is 5.82 Å². The minimum absolute atomic E-state index is 0. The Kier molecular flexibility index (Phi) is 7.77. The van der Waals surface area contributed by atoms with Crippen molar-refractivity contribution in [2.24, 2.45) is 4.99 Å². The average Bonchev–Trinajstić information content (AvgIpc) is 2.65. The van der Waals surface area contributed by atoms with E-state index in [1.165, 1.54) is 12.1 Å². The Morgan fingerprint density at radius 3 is 2.58 bits per heavy atom. The van der Waals surface area contributed by atoms with Crippen LogP contribution in [0.4, 0.5) is 4.39 Å². The van der Waals surface area contributed by atoms with Crippen molar-refractivity contribution in [2.75, 3.05) is 6.54 Å². The molecule has 0 aliphatic rings. The van der Waals surface area contributed by atoms with E-state index in [0.717, 1.165) is 34.5 Å². The van der Waals surface area contributed by atoms with Crippen molar-refractivity contribution in [3.8, 4) is 0 Å². The quantitative estimate of drug-likeness (QED) is 0.337. The number of rotatable bonds is 5. The fraction of sp³-hybridized carbons (Fsp3) is 0.200. The molecule has 6 heteroatoms. The van der Waals surface area contributed by atoms with Crippen molar-refractivity contribution < 1.29 is 4.39 Å². The summed E-state index contributed by atoms with van der Waals surface area (Å²) in [7, 11) is 0. The first kappa shape index (κ1) is 20.1. The highest BCUT2D eigenvalue weighted by Crippen LogP contribution is 2.15. The second-order valence-electron chi connectivity index (χ2n) is 5.66. The Labute approximate surface area is 170 Å². The number of hydrogen-bond donors (Lipinski definition) is 2. The highest BCUT2D eigenvalue weighted by molar-refractivity contribution is 14.0. The van der Waals surface area contributed by atoms with Gasteiger partial charge in [-0.05, 0) is 42.3 Å². The van der Waals surface area contributed by atoms with Gasteiger partial charge < -0.3 is 10.6 Å². The number of nitrogens with zero attached hydrogens (tertiary/aromatic N) is 2. The molecule has 0 unspecified atom stereocenters. The van der Waals surface area contributed by atoms with Gasteiger partial charge in [-0.2, -0.15) is 0 Å². The molecule has 0 saturated carbocycles. The molecule has 0 bridgehead atoms. The number of fused-ring (bicyclic) bond motifs is 1. The van der Waals surface area contributed by atoms with E-state index in [9.17, 15) is 4.39 Å². The van der Waals surface area contributed by atoms with Gasteiger partial charge in [0.05, 0.1) is 12.1 Å². The molecule has 0 atom stereocenters. The number of hydrogen-bond acceptors (Lipinski definition) is 2. The smallest absolute Gasteiger partial charge is 0.191 e. The number of benzene rings is 2. The van der Waals surface area contributed by atoms with Crippen LogP contribution in [-0.2, 0) is 13.1 Å². The van der Waals surface area contributed by atoms with Crippen LogP contribution < -0.4 is 10.6 Å². The first-order chi connectivity index (χ1) is 12.3. The van der Waals surface area contributed by atoms with Crippen LogP contribution in [0, 0.1) is 5.82 Å². The number of para-hydroxylation sites is 1. The van der Waals surface area contributed by atoms with E-state index < -0.39 is 0 Å². The Balaban J connectivity index is 0.00000243. The number of halogens is 2. The van der Waals surface area contributed by atoms with Gasteiger partial charge in [0.2, 0.25) is 0 Å². The summed E-state index contributed by atoms with van der Waals surface area (Å²) in [4.78, 5) is 8.95. The number of guanidine groups is 1. The third kappa shape index (κ3) is 5.39. The van der Waals surface area contributed by atoms with Crippen molar-refractivity contribution >= 4 is 40.8 Å². The topological polar surface area (TPSA) is 49.3 Å². The van der Waals surface area contributed by atoms with Crippen molar-refractivity contribution in [3.05, 3.63) is 77.7 Å². The Morgan fingerprint density at radius 2 is 1.81 bits per heavy atom. The standard InChI is InChI=1S/C20H21FN4.HI/c1-2-22-20(24-13-15-7-9-17(21)10-8-15)25-14-16-11-12-23-19-6-4-3-5-18(16)19;/h3-12H,2,13-14H2,1H3,(H2,22,24,25);1H. The molecule has 4 nitrogen and oxygen atoms in total. The molecule has 0 radical (unpaired) electrons. The van der Waals surface area contributed by atoms with Gasteiger partial charge in [-0.3, -0.25) is 4.98 Å². The number of nitrogens with one attached hydrogen (secondary N) is 2. The predicted molar refractivity (Wildman–Crippen MR) is 115 cm³/mol. The van der Waals surface area contributed by atoms with E-state index in [1.807, 2.05) is 37.4 Å². The molecule has 0 amide bonds. The molecule has 136 valence electrons. The van der Waals surface area contributed by atoms with E-state index in [0.29, 0.717) is 13.1 Å². The van der Waals surface area contributed by atoms with Gasteiger partial charge in [-0.15, -0.1) is 24.0 Å². The molecule has 0 saturated heterocycles. The fourth-order valence-corrected chi connectivity index (χ4v) is 2.59. The van der Waals surface area contributed by atoms with Gasteiger partial charge in [-0.25, -0.2) is 9.38 Å². The van der Waals surface area contributed by atoms with Gasteiger partial charge in [-0.1, -0.05) is 30.3 Å². The van der Waals surface area contributed by atoms with Crippen LogP contribution in [0.2, 0.25) is 0 Å². The lowest BCUT2D eigenvalue weighted by Crippen LogP contribution is -2.36. The number of aromatic nitrogens is 1. The zero-order valence-corrected chi connectivity index (χ0v) is 16.9. The third-order valence-electron chi connectivity index (χ3n) is 3.86. The maximum Gasteiger partial charge on any atom is 0.191 e. The summed E-state index contributed by atoms with van der Waals surface area (Å²) < 4.78 is 13.0. The zero-order chi connectivity index (χ0) is 17.5. The van der Waals surface area contributed by atoms with E-state index >= 15 is 0 Å². The third-order valence-corrected chi connectivity index (χ3v) is 3.86. The Morgan fingerprint density at radius 1 is 1.04 bits per heavy atom. The van der Waals surface area contributed by atoms with Crippen LogP contribution in [-0.4, -0.2) is 17.5 Å². The zero-order valence-electron chi connectivity index (χ0n) is 14.6. The maximum absolute atomic E-state index is 13.0. The largest absolute Gasteiger partial charge is 0.357 e. The molecule has 1 heterocycles. The van der Waals surface area contributed by atoms with Crippen LogP contribution in [0.1, 0.15) is 18.1 Å². The number of pyridine rings is 1. The molecule has 3 aromatic rings. The molecule has 1 aromatic heterocycles. The van der Waals surface area contributed by atoms with Crippen LogP contribution in [0.15, 0.2) is 65.8 Å². The summed E-state index contributed by atoms with van der Waals surface area (Å²) in [6, 6.07) is 16.5. The molecular weight excluding hydrogens is 442 g/mol. The van der Waals surface area contributed by atoms with Gasteiger partial charge in [0, 0.05) is 24.7 Å².